The molecule has 0 heterocycles. The van der Waals surface area contributed by atoms with E-state index in [4.69, 9.17) is 16.3 Å². The number of carbonyl (C=O) groups excluding carboxylic acids is 3. The van der Waals surface area contributed by atoms with Crippen molar-refractivity contribution < 1.29 is 32.6 Å². The first-order chi connectivity index (χ1) is 12.8. The van der Waals surface area contributed by atoms with Crippen molar-refractivity contribution in [3.8, 4) is 5.75 Å². The zero-order valence-electron chi connectivity index (χ0n) is 13.6. The first-order valence-electron chi connectivity index (χ1n) is 7.42. The van der Waals surface area contributed by atoms with Crippen LogP contribution in [0.1, 0.15) is 20.7 Å². The molecule has 0 saturated carbocycles. The van der Waals surface area contributed by atoms with Crippen LogP contribution in [0.3, 0.4) is 0 Å². The molecule has 0 spiro atoms. The van der Waals surface area contributed by atoms with Gasteiger partial charge in [0, 0.05) is 10.6 Å². The molecule has 2 amide bonds. The summed E-state index contributed by atoms with van der Waals surface area (Å²) in [5.74, 6) is -2.54. The number of halogens is 3. The van der Waals surface area contributed by atoms with Gasteiger partial charge in [0.2, 0.25) is 0 Å². The second-order valence-corrected chi connectivity index (χ2v) is 5.43. The molecule has 0 aliphatic heterocycles. The van der Waals surface area contributed by atoms with Gasteiger partial charge in [-0.15, -0.1) is 0 Å². The molecule has 7 nitrogen and oxygen atoms in total. The van der Waals surface area contributed by atoms with E-state index in [0.29, 0.717) is 5.02 Å². The molecule has 0 radical (unpaired) electrons. The van der Waals surface area contributed by atoms with Crippen molar-refractivity contribution in [3.63, 3.8) is 0 Å². The first-order valence-corrected chi connectivity index (χ1v) is 7.79. The van der Waals surface area contributed by atoms with E-state index in [9.17, 15) is 23.2 Å². The lowest BCUT2D eigenvalue weighted by molar-refractivity contribution is -0.125. The van der Waals surface area contributed by atoms with Crippen LogP contribution in [0.5, 0.6) is 5.75 Å². The molecule has 142 valence electrons. The van der Waals surface area contributed by atoms with E-state index in [1.165, 1.54) is 42.5 Å². The molecular weight excluding hydrogens is 386 g/mol. The molecular formula is C17H13ClF2N2O5. The number of esters is 1. The van der Waals surface area contributed by atoms with Crippen LogP contribution in [0.25, 0.3) is 0 Å². The van der Waals surface area contributed by atoms with Crippen molar-refractivity contribution in [3.05, 3.63) is 64.7 Å². The summed E-state index contributed by atoms with van der Waals surface area (Å²) in [5.41, 5.74) is 4.38. The fourth-order valence-electron chi connectivity index (χ4n) is 1.85. The summed E-state index contributed by atoms with van der Waals surface area (Å²) in [6.07, 6.45) is 0. The van der Waals surface area contributed by atoms with Gasteiger partial charge in [0.25, 0.3) is 11.8 Å². The quantitative estimate of drug-likeness (QED) is 0.576. The van der Waals surface area contributed by atoms with Crippen LogP contribution >= 0.6 is 11.6 Å². The van der Waals surface area contributed by atoms with Crippen LogP contribution in [-0.2, 0) is 9.53 Å². The molecule has 0 bridgehead atoms. The predicted octanol–water partition coefficient (Wildman–Crippen LogP) is 2.56. The van der Waals surface area contributed by atoms with Crippen molar-refractivity contribution in [2.45, 2.75) is 6.61 Å². The van der Waals surface area contributed by atoms with E-state index in [1.54, 1.807) is 0 Å². The average molecular weight is 399 g/mol. The van der Waals surface area contributed by atoms with Gasteiger partial charge in [-0.05, 0) is 42.5 Å². The molecule has 27 heavy (non-hydrogen) atoms. The highest BCUT2D eigenvalue weighted by Gasteiger charge is 2.13. The van der Waals surface area contributed by atoms with Crippen molar-refractivity contribution in [1.29, 1.82) is 0 Å². The lowest BCUT2D eigenvalue weighted by Gasteiger charge is -2.09. The van der Waals surface area contributed by atoms with Gasteiger partial charge in [0.05, 0.1) is 5.56 Å². The van der Waals surface area contributed by atoms with Gasteiger partial charge in [-0.2, -0.15) is 8.78 Å². The largest absolute Gasteiger partial charge is 0.452 e. The van der Waals surface area contributed by atoms with Crippen molar-refractivity contribution >= 4 is 29.4 Å². The summed E-state index contributed by atoms with van der Waals surface area (Å²) in [4.78, 5) is 35.3. The number of alkyl halides is 2. The Kier molecular flexibility index (Phi) is 7.07. The van der Waals surface area contributed by atoms with E-state index in [1.807, 2.05) is 0 Å². The van der Waals surface area contributed by atoms with E-state index in [0.717, 1.165) is 6.07 Å². The van der Waals surface area contributed by atoms with Gasteiger partial charge in [-0.1, -0.05) is 17.7 Å². The van der Waals surface area contributed by atoms with Crippen LogP contribution in [0.2, 0.25) is 5.02 Å². The second kappa shape index (κ2) is 9.48. The monoisotopic (exact) mass is 398 g/mol. The van der Waals surface area contributed by atoms with E-state index in [2.05, 4.69) is 15.6 Å². The SMILES string of the molecule is O=C(COC(=O)c1cccc(OC(F)F)c1)NNC(=O)c1ccc(Cl)cc1. The van der Waals surface area contributed by atoms with Crippen LogP contribution < -0.4 is 15.6 Å². The molecule has 0 atom stereocenters. The minimum Gasteiger partial charge on any atom is -0.452 e. The van der Waals surface area contributed by atoms with Gasteiger partial charge in [0.1, 0.15) is 5.75 Å². The Hall–Kier alpha value is -3.20. The highest BCUT2D eigenvalue weighted by molar-refractivity contribution is 6.30. The molecule has 2 N–H and O–H groups in total. The van der Waals surface area contributed by atoms with Gasteiger partial charge in [0.15, 0.2) is 6.61 Å². The van der Waals surface area contributed by atoms with E-state index < -0.39 is 31.0 Å². The maximum Gasteiger partial charge on any atom is 0.387 e. The second-order valence-electron chi connectivity index (χ2n) is 4.99. The van der Waals surface area contributed by atoms with Gasteiger partial charge in [-0.3, -0.25) is 20.4 Å². The summed E-state index contributed by atoms with van der Waals surface area (Å²) in [6, 6.07) is 10.8. The zero-order chi connectivity index (χ0) is 19.8. The number of hydrogen-bond acceptors (Lipinski definition) is 5. The molecule has 2 aromatic carbocycles. The molecule has 2 rings (SSSR count). The highest BCUT2D eigenvalue weighted by atomic mass is 35.5. The molecule has 0 aliphatic carbocycles. The van der Waals surface area contributed by atoms with Gasteiger partial charge >= 0.3 is 12.6 Å². The third-order valence-corrected chi connectivity index (χ3v) is 3.30. The fraction of sp³-hybridized carbons (Fsp3) is 0.118. The van der Waals surface area contributed by atoms with E-state index >= 15 is 0 Å². The van der Waals surface area contributed by atoms with Crippen LogP contribution in [0.15, 0.2) is 48.5 Å². The summed E-state index contributed by atoms with van der Waals surface area (Å²) < 4.78 is 33.2. The summed E-state index contributed by atoms with van der Waals surface area (Å²) >= 11 is 5.70. The standard InChI is InChI=1S/C17H13ClF2N2O5/c18-12-6-4-10(5-7-12)15(24)22-21-14(23)9-26-16(25)11-2-1-3-13(8-11)27-17(19)20/h1-8,17H,9H2,(H,21,23)(H,22,24). The topological polar surface area (TPSA) is 93.7 Å². The lowest BCUT2D eigenvalue weighted by atomic mass is 10.2. The Balaban J connectivity index is 1.80. The number of nitrogens with one attached hydrogen (secondary N) is 2. The number of ether oxygens (including phenoxy) is 2. The Bertz CT molecular complexity index is 830. The predicted molar refractivity (Wildman–Crippen MR) is 90.4 cm³/mol. The Morgan fingerprint density at radius 2 is 1.70 bits per heavy atom. The van der Waals surface area contributed by atoms with Gasteiger partial charge < -0.3 is 9.47 Å². The fourth-order valence-corrected chi connectivity index (χ4v) is 1.98. The van der Waals surface area contributed by atoms with Crippen molar-refractivity contribution in [2.75, 3.05) is 6.61 Å². The average Bonchev–Trinajstić information content (AvgIpc) is 2.64. The van der Waals surface area contributed by atoms with Crippen molar-refractivity contribution in [2.24, 2.45) is 0 Å². The number of hydrogen-bond donors (Lipinski definition) is 2. The van der Waals surface area contributed by atoms with Gasteiger partial charge in [-0.25, -0.2) is 4.79 Å². The molecule has 0 saturated heterocycles. The minimum atomic E-state index is -3.04. The lowest BCUT2D eigenvalue weighted by Crippen LogP contribution is -2.43. The molecule has 0 aliphatic rings. The van der Waals surface area contributed by atoms with Crippen LogP contribution in [0.4, 0.5) is 8.78 Å². The smallest absolute Gasteiger partial charge is 0.387 e. The Morgan fingerprint density at radius 3 is 2.37 bits per heavy atom. The highest BCUT2D eigenvalue weighted by Crippen LogP contribution is 2.16. The maximum absolute atomic E-state index is 12.2. The normalized spacial score (nSPS) is 10.2. The summed E-state index contributed by atoms with van der Waals surface area (Å²) in [6.45, 7) is -3.73. The third kappa shape index (κ3) is 6.55. The number of rotatable bonds is 6. The number of carbonyl (C=O) groups is 3. The molecule has 0 unspecified atom stereocenters. The molecule has 2 aromatic rings. The summed E-state index contributed by atoms with van der Waals surface area (Å²) in [5, 5.41) is 0.450. The molecule has 0 aromatic heterocycles. The Morgan fingerprint density at radius 1 is 1.00 bits per heavy atom. The first kappa shape index (κ1) is 20.1. The Labute approximate surface area is 157 Å². The third-order valence-electron chi connectivity index (χ3n) is 3.05. The van der Waals surface area contributed by atoms with E-state index in [-0.39, 0.29) is 16.9 Å². The molecule has 0 fully saturated rings. The van der Waals surface area contributed by atoms with Crippen LogP contribution in [-0.4, -0.2) is 31.0 Å². The number of amides is 2. The van der Waals surface area contributed by atoms with Crippen molar-refractivity contribution in [1.82, 2.24) is 10.9 Å². The summed E-state index contributed by atoms with van der Waals surface area (Å²) in [7, 11) is 0. The number of hydrazine groups is 1. The number of benzene rings is 2. The zero-order valence-corrected chi connectivity index (χ0v) is 14.3. The maximum atomic E-state index is 12.2. The van der Waals surface area contributed by atoms with Crippen LogP contribution in [0, 0.1) is 0 Å². The molecule has 10 heteroatoms. The minimum absolute atomic E-state index is 0.0776.